The van der Waals surface area contributed by atoms with Crippen molar-refractivity contribution < 1.29 is 19.5 Å². The molecule has 0 spiro atoms. The molecule has 3 N–H and O–H groups in total. The van der Waals surface area contributed by atoms with E-state index in [0.29, 0.717) is 11.4 Å². The van der Waals surface area contributed by atoms with Crippen LogP contribution in [0.15, 0.2) is 18.2 Å². The second-order valence-electron chi connectivity index (χ2n) is 5.08. The smallest absolute Gasteiger partial charge is 0.326 e. The summed E-state index contributed by atoms with van der Waals surface area (Å²) in [5.74, 6) is -2.41. The fourth-order valence-corrected chi connectivity index (χ4v) is 2.11. The van der Waals surface area contributed by atoms with Gasteiger partial charge in [0.25, 0.3) is 5.91 Å². The molecule has 0 aliphatic rings. The van der Waals surface area contributed by atoms with E-state index in [-0.39, 0.29) is 23.0 Å². The number of aliphatic carboxylic acids is 1. The predicted octanol–water partition coefficient (Wildman–Crippen LogP) is 2.34. The summed E-state index contributed by atoms with van der Waals surface area (Å²) in [6, 6.07) is 3.34. The highest BCUT2D eigenvalue weighted by Gasteiger charge is 2.25. The molecular formula is C15H18Cl2N2O4. The first-order valence-corrected chi connectivity index (χ1v) is 7.77. The molecule has 1 aromatic rings. The summed E-state index contributed by atoms with van der Waals surface area (Å²) in [6.45, 7) is 3.23. The molecule has 2 amide bonds. The second kappa shape index (κ2) is 8.74. The van der Waals surface area contributed by atoms with Gasteiger partial charge in [-0.3, -0.25) is 9.59 Å². The Hall–Kier alpha value is -1.79. The first-order chi connectivity index (χ1) is 10.8. The normalized spacial score (nSPS) is 13.0. The summed E-state index contributed by atoms with van der Waals surface area (Å²) in [7, 11) is 0. The van der Waals surface area contributed by atoms with Crippen LogP contribution in [0.25, 0.3) is 0 Å². The zero-order valence-corrected chi connectivity index (χ0v) is 14.2. The molecule has 0 aliphatic carbocycles. The van der Waals surface area contributed by atoms with Crippen LogP contribution in [0.4, 0.5) is 0 Å². The lowest BCUT2D eigenvalue weighted by molar-refractivity contribution is -0.143. The van der Waals surface area contributed by atoms with Crippen LogP contribution in [0, 0.1) is 5.92 Å². The lowest BCUT2D eigenvalue weighted by atomic mass is 9.99. The topological polar surface area (TPSA) is 95.5 Å². The molecule has 2 atom stereocenters. The van der Waals surface area contributed by atoms with Crippen LogP contribution in [0.1, 0.15) is 30.6 Å². The van der Waals surface area contributed by atoms with Crippen molar-refractivity contribution in [2.45, 2.75) is 26.3 Å². The Morgan fingerprint density at radius 1 is 1.22 bits per heavy atom. The molecule has 0 fully saturated rings. The van der Waals surface area contributed by atoms with E-state index in [9.17, 15) is 14.4 Å². The van der Waals surface area contributed by atoms with E-state index < -0.39 is 23.8 Å². The van der Waals surface area contributed by atoms with Gasteiger partial charge in [-0.05, 0) is 24.1 Å². The minimum absolute atomic E-state index is 0.220. The van der Waals surface area contributed by atoms with E-state index in [1.165, 1.54) is 18.2 Å². The Morgan fingerprint density at radius 2 is 1.87 bits per heavy atom. The fraction of sp³-hybridized carbons (Fsp3) is 0.400. The third-order valence-corrected chi connectivity index (χ3v) is 4.13. The van der Waals surface area contributed by atoms with Gasteiger partial charge in [-0.1, -0.05) is 43.5 Å². The van der Waals surface area contributed by atoms with E-state index >= 15 is 0 Å². The number of carbonyl (C=O) groups excluding carboxylic acids is 2. The highest BCUT2D eigenvalue weighted by atomic mass is 35.5. The van der Waals surface area contributed by atoms with Crippen LogP contribution >= 0.6 is 23.2 Å². The molecular weight excluding hydrogens is 343 g/mol. The Kier molecular flexibility index (Phi) is 7.32. The summed E-state index contributed by atoms with van der Waals surface area (Å²) in [6.07, 6.45) is 0.604. The first-order valence-electron chi connectivity index (χ1n) is 7.01. The van der Waals surface area contributed by atoms with Gasteiger partial charge in [-0.15, -0.1) is 0 Å². The van der Waals surface area contributed by atoms with Crippen molar-refractivity contribution in [3.63, 3.8) is 0 Å². The molecule has 1 aromatic carbocycles. The summed E-state index contributed by atoms with van der Waals surface area (Å²) in [5.41, 5.74) is 0.254. The monoisotopic (exact) mass is 360 g/mol. The molecule has 8 heteroatoms. The lowest BCUT2D eigenvalue weighted by Gasteiger charge is -2.20. The molecule has 0 aliphatic heterocycles. The van der Waals surface area contributed by atoms with Gasteiger partial charge in [0.2, 0.25) is 5.91 Å². The number of carboxylic acid groups (broad SMARTS) is 1. The molecule has 0 saturated carbocycles. The molecule has 0 aromatic heterocycles. The predicted molar refractivity (Wildman–Crippen MR) is 87.8 cm³/mol. The zero-order valence-electron chi connectivity index (χ0n) is 12.7. The van der Waals surface area contributed by atoms with E-state index in [4.69, 9.17) is 28.3 Å². The molecule has 0 heterocycles. The van der Waals surface area contributed by atoms with E-state index in [1.807, 2.05) is 6.92 Å². The Morgan fingerprint density at radius 3 is 2.39 bits per heavy atom. The van der Waals surface area contributed by atoms with Gasteiger partial charge < -0.3 is 15.7 Å². The zero-order chi connectivity index (χ0) is 17.6. The molecule has 6 nitrogen and oxygen atoms in total. The maximum absolute atomic E-state index is 11.9. The minimum Gasteiger partial charge on any atom is -0.480 e. The molecule has 0 bridgehead atoms. The van der Waals surface area contributed by atoms with E-state index in [1.54, 1.807) is 6.92 Å². The van der Waals surface area contributed by atoms with Gasteiger partial charge >= 0.3 is 5.97 Å². The number of carbonyl (C=O) groups is 3. The molecule has 23 heavy (non-hydrogen) atoms. The Balaban J connectivity index is 2.59. The van der Waals surface area contributed by atoms with Crippen LogP contribution in [0.2, 0.25) is 10.0 Å². The lowest BCUT2D eigenvalue weighted by Crippen LogP contribution is -2.48. The average Bonchev–Trinajstić information content (AvgIpc) is 2.51. The maximum Gasteiger partial charge on any atom is 0.326 e. The third-order valence-electron chi connectivity index (χ3n) is 3.39. The molecule has 2 unspecified atom stereocenters. The summed E-state index contributed by atoms with van der Waals surface area (Å²) < 4.78 is 0. The largest absolute Gasteiger partial charge is 0.480 e. The SMILES string of the molecule is CCC(C)C(NC(=O)CNC(=O)c1ccc(Cl)c(Cl)c1)C(=O)O. The third kappa shape index (κ3) is 5.73. The van der Waals surface area contributed by atoms with Crippen LogP contribution in [0.3, 0.4) is 0 Å². The van der Waals surface area contributed by atoms with Gasteiger partial charge in [0, 0.05) is 5.56 Å². The highest BCUT2D eigenvalue weighted by molar-refractivity contribution is 6.42. The number of benzene rings is 1. The molecule has 126 valence electrons. The molecule has 1 rings (SSSR count). The number of hydrogen-bond acceptors (Lipinski definition) is 3. The van der Waals surface area contributed by atoms with Crippen molar-refractivity contribution >= 4 is 41.0 Å². The number of halogens is 2. The average molecular weight is 361 g/mol. The minimum atomic E-state index is -1.11. The standard InChI is InChI=1S/C15H18Cl2N2O4/c1-3-8(2)13(15(22)23)19-12(20)7-18-14(21)9-4-5-10(16)11(17)6-9/h4-6,8,13H,3,7H2,1-2H3,(H,18,21)(H,19,20)(H,22,23). The second-order valence-corrected chi connectivity index (χ2v) is 5.89. The number of nitrogens with one attached hydrogen (secondary N) is 2. The van der Waals surface area contributed by atoms with Crippen LogP contribution in [-0.2, 0) is 9.59 Å². The highest BCUT2D eigenvalue weighted by Crippen LogP contribution is 2.22. The quantitative estimate of drug-likeness (QED) is 0.695. The van der Waals surface area contributed by atoms with Gasteiger partial charge in [0.1, 0.15) is 6.04 Å². The number of amides is 2. The van der Waals surface area contributed by atoms with Crippen LogP contribution in [-0.4, -0.2) is 35.5 Å². The van der Waals surface area contributed by atoms with Crippen LogP contribution in [0.5, 0.6) is 0 Å². The van der Waals surface area contributed by atoms with Crippen molar-refractivity contribution in [3.05, 3.63) is 33.8 Å². The van der Waals surface area contributed by atoms with Crippen molar-refractivity contribution in [1.82, 2.24) is 10.6 Å². The van der Waals surface area contributed by atoms with Crippen molar-refractivity contribution in [1.29, 1.82) is 0 Å². The number of hydrogen-bond donors (Lipinski definition) is 3. The van der Waals surface area contributed by atoms with Gasteiger partial charge in [0.05, 0.1) is 16.6 Å². The number of carboxylic acids is 1. The maximum atomic E-state index is 11.9. The van der Waals surface area contributed by atoms with Gasteiger partial charge in [0.15, 0.2) is 0 Å². The van der Waals surface area contributed by atoms with Gasteiger partial charge in [-0.2, -0.15) is 0 Å². The van der Waals surface area contributed by atoms with Crippen LogP contribution < -0.4 is 10.6 Å². The van der Waals surface area contributed by atoms with E-state index in [0.717, 1.165) is 0 Å². The van der Waals surface area contributed by atoms with Crippen molar-refractivity contribution in [2.75, 3.05) is 6.54 Å². The van der Waals surface area contributed by atoms with Crippen molar-refractivity contribution in [2.24, 2.45) is 5.92 Å². The first kappa shape index (κ1) is 19.3. The summed E-state index contributed by atoms with van der Waals surface area (Å²) in [4.78, 5) is 34.8. The van der Waals surface area contributed by atoms with Crippen molar-refractivity contribution in [3.8, 4) is 0 Å². The Bertz CT molecular complexity index is 607. The van der Waals surface area contributed by atoms with E-state index in [2.05, 4.69) is 10.6 Å². The molecule has 0 saturated heterocycles. The molecule has 0 radical (unpaired) electrons. The van der Waals surface area contributed by atoms with Gasteiger partial charge in [-0.25, -0.2) is 4.79 Å². The fourth-order valence-electron chi connectivity index (χ4n) is 1.81. The Labute approximate surface area is 144 Å². The summed E-state index contributed by atoms with van der Waals surface area (Å²) in [5, 5.41) is 14.4. The number of rotatable bonds is 7. The summed E-state index contributed by atoms with van der Waals surface area (Å²) >= 11 is 11.6.